The molecule has 0 aliphatic rings. The van der Waals surface area contributed by atoms with Crippen LogP contribution in [0.15, 0.2) is 97.2 Å². The largest absolute Gasteiger partial charge is 0.497 e. The van der Waals surface area contributed by atoms with E-state index in [2.05, 4.69) is 0 Å². The fourth-order valence-electron chi connectivity index (χ4n) is 3.08. The standard InChI is InChI=1S/C25H20N2O2/c1-29-23-14-8-11-20(17-23)24(28)16-15-21-18-27(22-12-6-3-7-13-22)26-25(21)19-9-4-2-5-10-19/h2-18H,1H3. The van der Waals surface area contributed by atoms with Crippen molar-refractivity contribution in [3.8, 4) is 22.7 Å². The Labute approximate surface area is 169 Å². The van der Waals surface area contributed by atoms with Gasteiger partial charge < -0.3 is 4.74 Å². The lowest BCUT2D eigenvalue weighted by Crippen LogP contribution is -1.95. The number of rotatable bonds is 6. The van der Waals surface area contributed by atoms with E-state index in [1.165, 1.54) is 0 Å². The number of methoxy groups -OCH3 is 1. The molecule has 3 aromatic carbocycles. The maximum absolute atomic E-state index is 12.6. The molecule has 1 heterocycles. The summed E-state index contributed by atoms with van der Waals surface area (Å²) in [7, 11) is 1.59. The van der Waals surface area contributed by atoms with Crippen molar-refractivity contribution in [1.82, 2.24) is 9.78 Å². The first-order valence-electron chi connectivity index (χ1n) is 9.31. The molecule has 0 radical (unpaired) electrons. The van der Waals surface area contributed by atoms with Crippen LogP contribution in [-0.4, -0.2) is 22.7 Å². The fraction of sp³-hybridized carbons (Fsp3) is 0.0400. The minimum Gasteiger partial charge on any atom is -0.497 e. The summed E-state index contributed by atoms with van der Waals surface area (Å²) in [5, 5.41) is 4.76. The molecule has 4 heteroatoms. The molecule has 4 rings (SSSR count). The molecule has 4 aromatic rings. The highest BCUT2D eigenvalue weighted by atomic mass is 16.5. The van der Waals surface area contributed by atoms with Crippen molar-refractivity contribution in [2.45, 2.75) is 0 Å². The van der Waals surface area contributed by atoms with E-state index in [0.29, 0.717) is 11.3 Å². The molecule has 29 heavy (non-hydrogen) atoms. The topological polar surface area (TPSA) is 44.1 Å². The number of allylic oxidation sites excluding steroid dienone is 1. The van der Waals surface area contributed by atoms with Gasteiger partial charge in [0.25, 0.3) is 0 Å². The third kappa shape index (κ3) is 4.17. The first-order valence-corrected chi connectivity index (χ1v) is 9.31. The van der Waals surface area contributed by atoms with Crippen LogP contribution in [0.4, 0.5) is 0 Å². The number of hydrogen-bond donors (Lipinski definition) is 0. The van der Waals surface area contributed by atoms with E-state index >= 15 is 0 Å². The van der Waals surface area contributed by atoms with Crippen molar-refractivity contribution in [3.05, 3.63) is 108 Å². The number of para-hydroxylation sites is 1. The summed E-state index contributed by atoms with van der Waals surface area (Å²) in [6.07, 6.45) is 5.33. The second-order valence-corrected chi connectivity index (χ2v) is 6.51. The molecule has 0 fully saturated rings. The smallest absolute Gasteiger partial charge is 0.185 e. The lowest BCUT2D eigenvalue weighted by atomic mass is 10.1. The lowest BCUT2D eigenvalue weighted by Gasteiger charge is -2.01. The molecule has 0 N–H and O–H groups in total. The molecule has 0 bridgehead atoms. The van der Waals surface area contributed by atoms with Crippen LogP contribution >= 0.6 is 0 Å². The van der Waals surface area contributed by atoms with Crippen molar-refractivity contribution in [1.29, 1.82) is 0 Å². The van der Waals surface area contributed by atoms with Crippen molar-refractivity contribution in [3.63, 3.8) is 0 Å². The number of ketones is 1. The number of benzene rings is 3. The predicted molar refractivity (Wildman–Crippen MR) is 115 cm³/mol. The number of ether oxygens (including phenoxy) is 1. The zero-order valence-electron chi connectivity index (χ0n) is 16.0. The zero-order valence-corrected chi connectivity index (χ0v) is 16.0. The summed E-state index contributed by atoms with van der Waals surface area (Å²) in [5.41, 5.74) is 4.23. The maximum atomic E-state index is 12.6. The van der Waals surface area contributed by atoms with Crippen LogP contribution in [-0.2, 0) is 0 Å². The van der Waals surface area contributed by atoms with Gasteiger partial charge in [-0.2, -0.15) is 5.10 Å². The van der Waals surface area contributed by atoms with Crippen molar-refractivity contribution < 1.29 is 9.53 Å². The van der Waals surface area contributed by atoms with E-state index < -0.39 is 0 Å². The minimum absolute atomic E-state index is 0.0876. The molecular weight excluding hydrogens is 360 g/mol. The van der Waals surface area contributed by atoms with Gasteiger partial charge in [-0.25, -0.2) is 4.68 Å². The van der Waals surface area contributed by atoms with Crippen LogP contribution in [0.2, 0.25) is 0 Å². The van der Waals surface area contributed by atoms with E-state index in [9.17, 15) is 4.79 Å². The molecule has 0 saturated carbocycles. The molecule has 4 nitrogen and oxygen atoms in total. The molecule has 0 aliphatic carbocycles. The Bertz CT molecular complexity index is 1150. The van der Waals surface area contributed by atoms with Crippen LogP contribution in [0.3, 0.4) is 0 Å². The van der Waals surface area contributed by atoms with Gasteiger partial charge in [0.1, 0.15) is 5.75 Å². The summed E-state index contributed by atoms with van der Waals surface area (Å²) >= 11 is 0. The van der Waals surface area contributed by atoms with Gasteiger partial charge in [-0.05, 0) is 36.4 Å². The Morgan fingerprint density at radius 1 is 0.931 bits per heavy atom. The van der Waals surface area contributed by atoms with Gasteiger partial charge in [0.05, 0.1) is 18.5 Å². The molecule has 0 atom stereocenters. The van der Waals surface area contributed by atoms with Crippen LogP contribution < -0.4 is 4.74 Å². The third-order valence-corrected chi connectivity index (χ3v) is 4.58. The molecule has 0 amide bonds. The predicted octanol–water partition coefficient (Wildman–Crippen LogP) is 5.44. The van der Waals surface area contributed by atoms with Gasteiger partial charge in [-0.15, -0.1) is 0 Å². The van der Waals surface area contributed by atoms with Gasteiger partial charge in [0.2, 0.25) is 0 Å². The van der Waals surface area contributed by atoms with Crippen molar-refractivity contribution >= 4 is 11.9 Å². The van der Waals surface area contributed by atoms with Crippen LogP contribution in [0.1, 0.15) is 15.9 Å². The average Bonchev–Trinajstić information content (AvgIpc) is 3.23. The highest BCUT2D eigenvalue weighted by Crippen LogP contribution is 2.25. The lowest BCUT2D eigenvalue weighted by molar-refractivity contribution is 0.104. The van der Waals surface area contributed by atoms with E-state index in [1.54, 1.807) is 25.3 Å². The zero-order chi connectivity index (χ0) is 20.1. The van der Waals surface area contributed by atoms with Crippen molar-refractivity contribution in [2.75, 3.05) is 7.11 Å². The number of carbonyl (C=O) groups is 1. The summed E-state index contributed by atoms with van der Waals surface area (Å²) in [6, 6.07) is 27.0. The highest BCUT2D eigenvalue weighted by molar-refractivity contribution is 6.07. The number of hydrogen-bond acceptors (Lipinski definition) is 3. The number of aromatic nitrogens is 2. The molecule has 0 spiro atoms. The van der Waals surface area contributed by atoms with Crippen LogP contribution in [0.25, 0.3) is 23.0 Å². The molecule has 0 unspecified atom stereocenters. The molecular formula is C25H20N2O2. The van der Waals surface area contributed by atoms with E-state index in [4.69, 9.17) is 9.84 Å². The Hall–Kier alpha value is -3.92. The second-order valence-electron chi connectivity index (χ2n) is 6.51. The SMILES string of the molecule is COc1cccc(C(=O)C=Cc2cn(-c3ccccc3)nc2-c2ccccc2)c1. The van der Waals surface area contributed by atoms with Gasteiger partial charge in [-0.1, -0.05) is 60.7 Å². The molecule has 1 aromatic heterocycles. The summed E-state index contributed by atoms with van der Waals surface area (Å²) in [6.45, 7) is 0. The van der Waals surface area contributed by atoms with Gasteiger partial charge in [0, 0.05) is 22.9 Å². The molecule has 0 saturated heterocycles. The normalized spacial score (nSPS) is 10.9. The van der Waals surface area contributed by atoms with E-state index in [0.717, 1.165) is 22.5 Å². The Morgan fingerprint density at radius 3 is 2.38 bits per heavy atom. The monoisotopic (exact) mass is 380 g/mol. The maximum Gasteiger partial charge on any atom is 0.185 e. The van der Waals surface area contributed by atoms with Gasteiger partial charge >= 0.3 is 0 Å². The number of nitrogens with zero attached hydrogens (tertiary/aromatic N) is 2. The van der Waals surface area contributed by atoms with Crippen molar-refractivity contribution in [2.24, 2.45) is 0 Å². The van der Waals surface area contributed by atoms with E-state index in [1.807, 2.05) is 89.8 Å². The summed E-state index contributed by atoms with van der Waals surface area (Å²) in [4.78, 5) is 12.6. The first-order chi connectivity index (χ1) is 14.2. The van der Waals surface area contributed by atoms with Gasteiger partial charge in [0.15, 0.2) is 5.78 Å². The summed E-state index contributed by atoms with van der Waals surface area (Å²) < 4.78 is 7.04. The Balaban J connectivity index is 1.71. The Kier molecular flexibility index (Phi) is 5.34. The Morgan fingerprint density at radius 2 is 1.66 bits per heavy atom. The summed E-state index contributed by atoms with van der Waals surface area (Å²) in [5.74, 6) is 0.571. The van der Waals surface area contributed by atoms with Crippen LogP contribution in [0, 0.1) is 0 Å². The van der Waals surface area contributed by atoms with Crippen LogP contribution in [0.5, 0.6) is 5.75 Å². The average molecular weight is 380 g/mol. The van der Waals surface area contributed by atoms with Gasteiger partial charge in [-0.3, -0.25) is 4.79 Å². The quantitative estimate of drug-likeness (QED) is 0.330. The highest BCUT2D eigenvalue weighted by Gasteiger charge is 2.11. The number of carbonyl (C=O) groups excluding carboxylic acids is 1. The third-order valence-electron chi connectivity index (χ3n) is 4.58. The second kappa shape index (κ2) is 8.40. The fourth-order valence-corrected chi connectivity index (χ4v) is 3.08. The molecule has 0 aliphatic heterocycles. The molecule has 142 valence electrons. The minimum atomic E-state index is -0.0876. The first kappa shape index (κ1) is 18.4. The van der Waals surface area contributed by atoms with E-state index in [-0.39, 0.29) is 5.78 Å².